The molecule has 0 bridgehead atoms. The molecule has 0 spiro atoms. The number of fused-ring (bicyclic) bond motifs is 1. The summed E-state index contributed by atoms with van der Waals surface area (Å²) in [5.41, 5.74) is 3.10. The number of nitrogens with one attached hydrogen (secondary N) is 4. The van der Waals surface area contributed by atoms with Crippen LogP contribution in [0.4, 0.5) is 0 Å². The molecule has 2 heterocycles. The minimum Gasteiger partial charge on any atom is -0.480 e. The predicted molar refractivity (Wildman–Crippen MR) is 152 cm³/mol. The Morgan fingerprint density at radius 3 is 2.58 bits per heavy atom. The highest BCUT2D eigenvalue weighted by Crippen LogP contribution is 2.22. The molecule has 0 saturated carbocycles. The van der Waals surface area contributed by atoms with Crippen LogP contribution in [0.15, 0.2) is 46.4 Å². The number of carboxylic acids is 1. The lowest BCUT2D eigenvalue weighted by atomic mass is 10.1. The summed E-state index contributed by atoms with van der Waals surface area (Å²) in [4.78, 5) is 29.1. The normalized spacial score (nSPS) is 14.3. The molecule has 1 aliphatic heterocycles. The molecular formula is C27H35N7O5S. The van der Waals surface area contributed by atoms with E-state index in [0.29, 0.717) is 23.2 Å². The van der Waals surface area contributed by atoms with Crippen LogP contribution in [-0.4, -0.2) is 73.4 Å². The average Bonchev–Trinajstić information content (AvgIpc) is 3.30. The van der Waals surface area contributed by atoms with Crippen LogP contribution in [0.3, 0.4) is 0 Å². The Kier molecular flexibility index (Phi) is 9.05. The minimum atomic E-state index is -4.15. The fourth-order valence-electron chi connectivity index (χ4n) is 4.81. The molecule has 5 N–H and O–H groups in total. The predicted octanol–water partition coefficient (Wildman–Crippen LogP) is 1.45. The molecule has 13 heteroatoms. The molecule has 0 aliphatic carbocycles. The number of carbonyl (C=O) groups excluding carboxylic acids is 1. The fourth-order valence-corrected chi connectivity index (χ4v) is 6.45. The lowest BCUT2D eigenvalue weighted by molar-refractivity contribution is -0.138. The summed E-state index contributed by atoms with van der Waals surface area (Å²) in [6.45, 7) is 7.91. The summed E-state index contributed by atoms with van der Waals surface area (Å²) < 4.78 is 30.1. The Hall–Kier alpha value is -3.97. The van der Waals surface area contributed by atoms with E-state index in [2.05, 4.69) is 30.8 Å². The summed E-state index contributed by atoms with van der Waals surface area (Å²) in [5, 5.41) is 23.9. The van der Waals surface area contributed by atoms with Crippen molar-refractivity contribution in [1.29, 1.82) is 0 Å². The quantitative estimate of drug-likeness (QED) is 0.216. The van der Waals surface area contributed by atoms with Gasteiger partial charge >= 0.3 is 5.97 Å². The van der Waals surface area contributed by atoms with Crippen LogP contribution in [0, 0.1) is 20.8 Å². The van der Waals surface area contributed by atoms with E-state index in [9.17, 15) is 23.1 Å². The van der Waals surface area contributed by atoms with Gasteiger partial charge in [-0.15, -0.1) is 0 Å². The van der Waals surface area contributed by atoms with Gasteiger partial charge in [0.05, 0.1) is 16.6 Å². The van der Waals surface area contributed by atoms with E-state index in [1.807, 2.05) is 11.6 Å². The first-order valence-corrected chi connectivity index (χ1v) is 14.6. The number of aryl methyl sites for hydroxylation is 4. The van der Waals surface area contributed by atoms with Crippen molar-refractivity contribution in [2.24, 2.45) is 4.99 Å². The largest absolute Gasteiger partial charge is 0.480 e. The monoisotopic (exact) mass is 569 g/mol. The van der Waals surface area contributed by atoms with Gasteiger partial charge < -0.3 is 21.1 Å². The van der Waals surface area contributed by atoms with Crippen LogP contribution in [0.5, 0.6) is 0 Å². The van der Waals surface area contributed by atoms with Crippen molar-refractivity contribution in [3.8, 4) is 0 Å². The van der Waals surface area contributed by atoms with Gasteiger partial charge in [0.2, 0.25) is 10.0 Å². The number of rotatable bonds is 11. The maximum atomic E-state index is 13.0. The van der Waals surface area contributed by atoms with Gasteiger partial charge in [0, 0.05) is 43.7 Å². The van der Waals surface area contributed by atoms with Gasteiger partial charge in [-0.25, -0.2) is 8.42 Å². The molecule has 2 aromatic carbocycles. The molecule has 1 amide bonds. The standard InChI is InChI=1S/C27H35N7O5S/c1-17-12-18(2)24(19(3)13-17)40(38,39)33-22(26(36)37)16-31-25(35)20-6-7-23-21(14-20)15-32-34(23)11-5-10-30-27-28-8-4-9-29-27/h6-7,12-15,22,33H,4-5,8-11,16H2,1-3H3,(H,31,35)(H,36,37)(H2,28,29,30)/t22-/m0/s1. The van der Waals surface area contributed by atoms with Crippen molar-refractivity contribution in [3.63, 3.8) is 0 Å². The van der Waals surface area contributed by atoms with Crippen LogP contribution in [0.25, 0.3) is 10.9 Å². The molecule has 4 rings (SSSR count). The number of aliphatic carboxylic acids is 1. The van der Waals surface area contributed by atoms with Crippen LogP contribution >= 0.6 is 0 Å². The first kappa shape index (κ1) is 29.0. The van der Waals surface area contributed by atoms with Gasteiger partial charge in [-0.1, -0.05) is 17.7 Å². The third-order valence-electron chi connectivity index (χ3n) is 6.58. The molecule has 1 aromatic heterocycles. The second-order valence-corrected chi connectivity index (χ2v) is 11.5. The summed E-state index contributed by atoms with van der Waals surface area (Å²) in [6, 6.07) is 6.98. The van der Waals surface area contributed by atoms with E-state index in [4.69, 9.17) is 0 Å². The highest BCUT2D eigenvalue weighted by Gasteiger charge is 2.28. The van der Waals surface area contributed by atoms with Crippen LogP contribution in [-0.2, 0) is 21.4 Å². The lowest BCUT2D eigenvalue weighted by Gasteiger charge is -2.18. The van der Waals surface area contributed by atoms with Crippen molar-refractivity contribution < 1.29 is 23.1 Å². The number of benzene rings is 2. The Morgan fingerprint density at radius 1 is 1.15 bits per heavy atom. The summed E-state index contributed by atoms with van der Waals surface area (Å²) in [7, 11) is -4.15. The molecule has 214 valence electrons. The third-order valence-corrected chi connectivity index (χ3v) is 8.35. The van der Waals surface area contributed by atoms with Crippen molar-refractivity contribution in [3.05, 3.63) is 58.8 Å². The van der Waals surface area contributed by atoms with Gasteiger partial charge in [0.25, 0.3) is 5.91 Å². The second kappa shape index (κ2) is 12.5. The number of aromatic nitrogens is 2. The number of guanidine groups is 1. The summed E-state index contributed by atoms with van der Waals surface area (Å²) in [5.74, 6) is -1.10. The number of carbonyl (C=O) groups is 2. The minimum absolute atomic E-state index is 0.0355. The molecule has 12 nitrogen and oxygen atoms in total. The van der Waals surface area contributed by atoms with Gasteiger partial charge in [-0.3, -0.25) is 19.3 Å². The number of carboxylic acid groups (broad SMARTS) is 1. The Balaban J connectivity index is 1.36. The van der Waals surface area contributed by atoms with E-state index in [-0.39, 0.29) is 4.90 Å². The Labute approximate surface area is 233 Å². The average molecular weight is 570 g/mol. The lowest BCUT2D eigenvalue weighted by Crippen LogP contribution is -2.48. The Bertz CT molecular complexity index is 1520. The number of hydrogen-bond donors (Lipinski definition) is 5. The number of hydrogen-bond acceptors (Lipinski definition) is 8. The molecule has 1 atom stereocenters. The van der Waals surface area contributed by atoms with E-state index in [0.717, 1.165) is 54.9 Å². The van der Waals surface area contributed by atoms with E-state index in [1.165, 1.54) is 0 Å². The summed E-state index contributed by atoms with van der Waals surface area (Å²) in [6.07, 6.45) is 3.54. The van der Waals surface area contributed by atoms with Crippen molar-refractivity contribution in [2.45, 2.75) is 51.1 Å². The topological polar surface area (TPSA) is 167 Å². The van der Waals surface area contributed by atoms with E-state index < -0.39 is 34.5 Å². The number of sulfonamides is 1. The zero-order valence-electron chi connectivity index (χ0n) is 22.8. The van der Waals surface area contributed by atoms with Gasteiger partial charge in [0.15, 0.2) is 5.96 Å². The molecular weight excluding hydrogens is 534 g/mol. The fraction of sp³-hybridized carbons (Fsp3) is 0.407. The summed E-state index contributed by atoms with van der Waals surface area (Å²) >= 11 is 0. The van der Waals surface area contributed by atoms with Gasteiger partial charge in [0.1, 0.15) is 6.04 Å². The van der Waals surface area contributed by atoms with Crippen LogP contribution in [0.2, 0.25) is 0 Å². The molecule has 0 radical (unpaired) electrons. The molecule has 1 aliphatic rings. The van der Waals surface area contributed by atoms with E-state index in [1.54, 1.807) is 50.4 Å². The van der Waals surface area contributed by atoms with Crippen molar-refractivity contribution in [2.75, 3.05) is 26.2 Å². The molecule has 40 heavy (non-hydrogen) atoms. The maximum absolute atomic E-state index is 13.0. The zero-order valence-corrected chi connectivity index (χ0v) is 23.6. The molecule has 0 saturated heterocycles. The number of nitrogens with zero attached hydrogens (tertiary/aromatic N) is 3. The van der Waals surface area contributed by atoms with Crippen LogP contribution in [0.1, 0.15) is 39.9 Å². The van der Waals surface area contributed by atoms with E-state index >= 15 is 0 Å². The Morgan fingerprint density at radius 2 is 1.90 bits per heavy atom. The number of amides is 1. The third kappa shape index (κ3) is 6.96. The smallest absolute Gasteiger partial charge is 0.323 e. The highest BCUT2D eigenvalue weighted by atomic mass is 32.2. The highest BCUT2D eigenvalue weighted by molar-refractivity contribution is 7.89. The van der Waals surface area contributed by atoms with Crippen molar-refractivity contribution >= 4 is 38.8 Å². The number of aliphatic imine (C=N–C) groups is 1. The molecule has 0 fully saturated rings. The van der Waals surface area contributed by atoms with Crippen LogP contribution < -0.4 is 20.7 Å². The first-order chi connectivity index (χ1) is 19.0. The van der Waals surface area contributed by atoms with Gasteiger partial charge in [-0.05, 0) is 62.9 Å². The SMILES string of the molecule is Cc1cc(C)c(S(=O)(=O)N[C@@H](CNC(=O)c2ccc3c(cnn3CCCNC3=NCCCN3)c2)C(=O)O)c(C)c1. The van der Waals surface area contributed by atoms with Gasteiger partial charge in [-0.2, -0.15) is 9.82 Å². The molecule has 3 aromatic rings. The first-order valence-electron chi connectivity index (χ1n) is 13.1. The maximum Gasteiger partial charge on any atom is 0.323 e. The van der Waals surface area contributed by atoms with Crippen molar-refractivity contribution in [1.82, 2.24) is 30.5 Å². The second-order valence-electron chi connectivity index (χ2n) is 9.88. The zero-order chi connectivity index (χ0) is 28.9. The molecule has 0 unspecified atom stereocenters.